The molecule has 0 aliphatic carbocycles. The molecule has 36 heavy (non-hydrogen) atoms. The second-order valence-corrected chi connectivity index (χ2v) is 7.97. The zero-order valence-corrected chi connectivity index (χ0v) is 22.4. The van der Waals surface area contributed by atoms with Crippen molar-refractivity contribution in [2.75, 3.05) is 18.1 Å². The van der Waals surface area contributed by atoms with Gasteiger partial charge in [-0.1, -0.05) is 11.6 Å². The molecule has 0 unspecified atom stereocenters. The lowest BCUT2D eigenvalue weighted by Crippen LogP contribution is -3.00. The second-order valence-electron chi connectivity index (χ2n) is 7.62. The Hall–Kier alpha value is -3.24. The van der Waals surface area contributed by atoms with Gasteiger partial charge in [-0.2, -0.15) is 0 Å². The summed E-state index contributed by atoms with van der Waals surface area (Å²) in [6, 6.07) is 3.73. The normalized spacial score (nSPS) is 11.6. The van der Waals surface area contributed by atoms with E-state index in [1.807, 2.05) is 23.1 Å². The Kier molecular flexibility index (Phi) is 9.77. The molecule has 15 heteroatoms. The Balaban J connectivity index is 0.00000456. The number of carbonyl (C=O) groups is 3. The van der Waals surface area contributed by atoms with Gasteiger partial charge in [-0.15, -0.1) is 0 Å². The van der Waals surface area contributed by atoms with Crippen LogP contribution < -0.4 is 50.6 Å². The van der Waals surface area contributed by atoms with Gasteiger partial charge >= 0.3 is 5.97 Å². The maximum Gasteiger partial charge on any atom is 0.326 e. The Morgan fingerprint density at radius 2 is 1.89 bits per heavy atom. The molecule has 0 fully saturated rings. The quantitative estimate of drug-likeness (QED) is 0.103. The van der Waals surface area contributed by atoms with E-state index >= 15 is 0 Å². The monoisotopic (exact) mass is 632 g/mol. The molecule has 0 aliphatic heterocycles. The number of hydrogen-bond donors (Lipinski definition) is 6. The van der Waals surface area contributed by atoms with E-state index in [1.165, 1.54) is 0 Å². The van der Waals surface area contributed by atoms with Crippen molar-refractivity contribution in [2.45, 2.75) is 32.5 Å². The summed E-state index contributed by atoms with van der Waals surface area (Å²) in [6.07, 6.45) is -0.110. The van der Waals surface area contributed by atoms with Crippen LogP contribution in [-0.2, 0) is 24.9 Å². The number of carbonyl (C=O) groups excluding carboxylic acids is 2. The van der Waals surface area contributed by atoms with Crippen LogP contribution in [0, 0.1) is 0 Å². The third-order valence-corrected chi connectivity index (χ3v) is 5.73. The van der Waals surface area contributed by atoms with Gasteiger partial charge in [0, 0.05) is 24.7 Å². The van der Waals surface area contributed by atoms with Crippen molar-refractivity contribution in [2.24, 2.45) is 7.05 Å². The molecule has 0 saturated carbocycles. The summed E-state index contributed by atoms with van der Waals surface area (Å²) in [5.41, 5.74) is 12.9. The number of carboxylic acids is 1. The fourth-order valence-corrected chi connectivity index (χ4v) is 3.80. The van der Waals surface area contributed by atoms with Crippen LogP contribution >= 0.6 is 11.6 Å². The molecule has 1 aromatic carbocycles. The maximum atomic E-state index is 12.7. The van der Waals surface area contributed by atoms with E-state index in [1.54, 1.807) is 18.2 Å². The molecule has 2 heterocycles. The predicted molar refractivity (Wildman–Crippen MR) is 126 cm³/mol. The first-order valence-electron chi connectivity index (χ1n) is 10.6. The lowest BCUT2D eigenvalue weighted by atomic mass is 10.1. The fourth-order valence-electron chi connectivity index (χ4n) is 3.67. The van der Waals surface area contributed by atoms with E-state index < -0.39 is 23.8 Å². The molecule has 13 nitrogen and oxygen atoms in total. The molecule has 3 rings (SSSR count). The number of nitrogens with two attached hydrogens (primary N) is 2. The predicted octanol–water partition coefficient (Wildman–Crippen LogP) is -3.41. The van der Waals surface area contributed by atoms with Gasteiger partial charge < -0.3 is 56.3 Å². The van der Waals surface area contributed by atoms with Crippen molar-refractivity contribution >= 4 is 52.1 Å². The molecule has 2 aromatic heterocycles. The van der Waals surface area contributed by atoms with E-state index in [0.717, 1.165) is 5.52 Å². The average Bonchev–Trinajstić information content (AvgIpc) is 3.09. The molecule has 0 bridgehead atoms. The number of nitrogen functional groups attached to an aromatic ring is 2. The number of aliphatic carboxylic acids is 1. The summed E-state index contributed by atoms with van der Waals surface area (Å²) in [5, 5.41) is 23.3. The molecular weight excluding hydrogens is 607 g/mol. The molecule has 0 aliphatic rings. The van der Waals surface area contributed by atoms with Gasteiger partial charge in [-0.05, 0) is 19.1 Å². The van der Waals surface area contributed by atoms with Crippen molar-refractivity contribution in [1.29, 1.82) is 0 Å². The van der Waals surface area contributed by atoms with Gasteiger partial charge in [-0.3, -0.25) is 9.59 Å². The number of halogens is 2. The topological polar surface area (TPSA) is 202 Å². The lowest BCUT2D eigenvalue weighted by Gasteiger charge is -2.13. The number of amides is 2. The van der Waals surface area contributed by atoms with Crippen LogP contribution in [0.2, 0.25) is 5.15 Å². The highest BCUT2D eigenvalue weighted by Gasteiger charge is 2.26. The molecule has 0 spiro atoms. The molecule has 8 N–H and O–H groups in total. The largest absolute Gasteiger partial charge is 1.00 e. The molecule has 3 aromatic rings. The summed E-state index contributed by atoms with van der Waals surface area (Å²) >= 11 is 5.86. The van der Waals surface area contributed by atoms with Gasteiger partial charge in [-0.25, -0.2) is 23.9 Å². The number of benzene rings is 1. The van der Waals surface area contributed by atoms with Gasteiger partial charge in [0.1, 0.15) is 12.6 Å². The minimum absolute atomic E-state index is 0. The molecule has 0 radical (unpaired) electrons. The number of fused-ring (bicyclic) bond motifs is 1. The summed E-state index contributed by atoms with van der Waals surface area (Å²) < 4.78 is 3.76. The Morgan fingerprint density at radius 1 is 1.19 bits per heavy atom. The van der Waals surface area contributed by atoms with Gasteiger partial charge in [0.2, 0.25) is 0 Å². The van der Waals surface area contributed by atoms with E-state index in [-0.39, 0.29) is 71.6 Å². The molecule has 2 amide bonds. The van der Waals surface area contributed by atoms with Gasteiger partial charge in [0.05, 0.1) is 13.6 Å². The van der Waals surface area contributed by atoms with Crippen molar-refractivity contribution in [1.82, 2.24) is 25.2 Å². The summed E-state index contributed by atoms with van der Waals surface area (Å²) in [5.74, 6) is -1.92. The van der Waals surface area contributed by atoms with Crippen molar-refractivity contribution < 1.29 is 53.1 Å². The van der Waals surface area contributed by atoms with Crippen LogP contribution in [0.1, 0.15) is 40.0 Å². The number of hydrogen-bond acceptors (Lipinski definition) is 8. The zero-order chi connectivity index (χ0) is 25.9. The molecule has 194 valence electrons. The minimum atomic E-state index is -1.23. The minimum Gasteiger partial charge on any atom is -1.00 e. The number of rotatable bonds is 9. The Bertz CT molecular complexity index is 1320. The van der Waals surface area contributed by atoms with Gasteiger partial charge in [0.25, 0.3) is 17.6 Å². The van der Waals surface area contributed by atoms with Crippen LogP contribution in [0.15, 0.2) is 18.2 Å². The van der Waals surface area contributed by atoms with Crippen molar-refractivity contribution in [3.63, 3.8) is 0 Å². The number of nitrogens with zero attached hydrogens (tertiary/aromatic N) is 4. The Morgan fingerprint density at radius 3 is 2.50 bits per heavy atom. The fraction of sp³-hybridized carbons (Fsp3) is 0.333. The summed E-state index contributed by atoms with van der Waals surface area (Å²) in [7, 11) is 1.81. The van der Waals surface area contributed by atoms with E-state index in [4.69, 9.17) is 28.2 Å². The van der Waals surface area contributed by atoms with E-state index in [2.05, 4.69) is 20.6 Å². The summed E-state index contributed by atoms with van der Waals surface area (Å²) in [6.45, 7) is 2.15. The molecule has 1 atom stereocenters. The number of anilines is 2. The standard InChI is InChI=1S/C21H25ClN8O5.HI/c1-3-30-13-8-10(19(32)26-11(6-7-31)21(34)35)4-5-12(13)29(2)14(30)9-25-20(33)15-17(23)28-18(24)16(22)27-15;/h4-5,8,11,31H,3,6-7,9H2,1-2H3,(H6-,23,24,25,26,28,32,33,34,35);1H/t11-;/m0./s1. The number of aliphatic hydroxyl groups excluding tert-OH is 1. The Labute approximate surface area is 227 Å². The number of aliphatic hydroxyl groups is 1. The van der Waals surface area contributed by atoms with Crippen LogP contribution in [-0.4, -0.2) is 55.2 Å². The lowest BCUT2D eigenvalue weighted by molar-refractivity contribution is -0.654. The van der Waals surface area contributed by atoms with E-state index in [0.29, 0.717) is 17.9 Å². The van der Waals surface area contributed by atoms with Crippen molar-refractivity contribution in [3.8, 4) is 0 Å². The van der Waals surface area contributed by atoms with Crippen LogP contribution in [0.25, 0.3) is 11.0 Å². The second kappa shape index (κ2) is 12.1. The third kappa shape index (κ3) is 5.93. The summed E-state index contributed by atoms with van der Waals surface area (Å²) in [4.78, 5) is 44.3. The number of imidazole rings is 1. The van der Waals surface area contributed by atoms with Gasteiger partial charge in [0.15, 0.2) is 33.5 Å². The van der Waals surface area contributed by atoms with Crippen LogP contribution in [0.4, 0.5) is 11.6 Å². The first-order valence-corrected chi connectivity index (χ1v) is 11.0. The van der Waals surface area contributed by atoms with Crippen molar-refractivity contribution in [3.05, 3.63) is 40.4 Å². The third-order valence-electron chi connectivity index (χ3n) is 5.45. The molecule has 0 saturated heterocycles. The molecular formula is C21H26ClIN8O5. The van der Waals surface area contributed by atoms with Crippen LogP contribution in [0.3, 0.4) is 0 Å². The maximum absolute atomic E-state index is 12.7. The number of carboxylic acid groups (broad SMARTS) is 1. The first kappa shape index (κ1) is 29.0. The van der Waals surface area contributed by atoms with Crippen LogP contribution in [0.5, 0.6) is 0 Å². The highest BCUT2D eigenvalue weighted by Crippen LogP contribution is 2.19. The average molecular weight is 633 g/mol. The number of nitrogens with one attached hydrogen (secondary N) is 2. The number of aromatic nitrogens is 4. The van der Waals surface area contributed by atoms with E-state index in [9.17, 15) is 19.5 Å². The smallest absolute Gasteiger partial charge is 0.326 e. The SMILES string of the molecule is CCn1c(CNC(=O)c2nc(Cl)c(N)nc2N)[n+](C)c2ccc(C(=O)N[C@@H](CCO)C(=O)O)cc21.[I-]. The highest BCUT2D eigenvalue weighted by molar-refractivity contribution is 6.31. The number of aryl methyl sites for hydroxylation is 2. The zero-order valence-electron chi connectivity index (χ0n) is 19.5. The highest BCUT2D eigenvalue weighted by atomic mass is 127. The first-order chi connectivity index (χ1) is 16.6.